The first-order valence-corrected chi connectivity index (χ1v) is 6.63. The van der Waals surface area contributed by atoms with E-state index in [2.05, 4.69) is 17.6 Å². The summed E-state index contributed by atoms with van der Waals surface area (Å²) in [6.45, 7) is 5.30. The molecular formula is C12H21N3O2. The van der Waals surface area contributed by atoms with Crippen LogP contribution in [0.3, 0.4) is 0 Å². The first-order valence-electron chi connectivity index (χ1n) is 6.63. The monoisotopic (exact) mass is 239 g/mol. The maximum atomic E-state index is 12.3. The molecule has 1 amide bonds. The highest BCUT2D eigenvalue weighted by Crippen LogP contribution is 2.26. The van der Waals surface area contributed by atoms with Gasteiger partial charge in [-0.05, 0) is 19.8 Å². The third kappa shape index (κ3) is 2.32. The molecule has 17 heavy (non-hydrogen) atoms. The molecule has 0 aromatic carbocycles. The molecule has 3 heterocycles. The number of likely N-dealkylation sites (tertiary alicyclic amines) is 1. The van der Waals surface area contributed by atoms with Crippen LogP contribution in [0.2, 0.25) is 0 Å². The fraction of sp³-hybridized carbons (Fsp3) is 0.917. The molecule has 0 spiro atoms. The molecule has 3 aliphatic rings. The number of rotatable bonds is 1. The number of nitrogens with zero attached hydrogens (tertiary/aromatic N) is 1. The molecule has 0 radical (unpaired) electrons. The molecule has 3 rings (SSSR count). The zero-order valence-electron chi connectivity index (χ0n) is 10.3. The topological polar surface area (TPSA) is 53.6 Å². The summed E-state index contributed by atoms with van der Waals surface area (Å²) in [7, 11) is 0. The van der Waals surface area contributed by atoms with E-state index in [1.807, 2.05) is 4.90 Å². The van der Waals surface area contributed by atoms with Crippen molar-refractivity contribution in [3.8, 4) is 0 Å². The first-order chi connectivity index (χ1) is 8.22. The molecule has 0 aliphatic carbocycles. The lowest BCUT2D eigenvalue weighted by molar-refractivity contribution is -0.142. The number of carbonyl (C=O) groups is 1. The number of morpholine rings is 1. The number of hydrogen-bond acceptors (Lipinski definition) is 4. The van der Waals surface area contributed by atoms with E-state index in [0.29, 0.717) is 6.04 Å². The minimum atomic E-state index is -0.0521. The van der Waals surface area contributed by atoms with Gasteiger partial charge in [-0.25, -0.2) is 0 Å². The van der Waals surface area contributed by atoms with Gasteiger partial charge >= 0.3 is 0 Å². The Balaban J connectivity index is 1.59. The van der Waals surface area contributed by atoms with Gasteiger partial charge in [0.1, 0.15) is 0 Å². The van der Waals surface area contributed by atoms with Crippen LogP contribution in [0, 0.1) is 0 Å². The summed E-state index contributed by atoms with van der Waals surface area (Å²) < 4.78 is 5.75. The van der Waals surface area contributed by atoms with Crippen LogP contribution < -0.4 is 10.6 Å². The minimum Gasteiger partial charge on any atom is -0.371 e. The van der Waals surface area contributed by atoms with E-state index in [0.717, 1.165) is 39.0 Å². The summed E-state index contributed by atoms with van der Waals surface area (Å²) in [5.41, 5.74) is 0. The van der Waals surface area contributed by atoms with Gasteiger partial charge in [0.15, 0.2) is 0 Å². The molecule has 2 bridgehead atoms. The van der Waals surface area contributed by atoms with Gasteiger partial charge < -0.3 is 20.3 Å². The maximum absolute atomic E-state index is 12.3. The van der Waals surface area contributed by atoms with Crippen molar-refractivity contribution in [3.63, 3.8) is 0 Å². The molecule has 0 aromatic heterocycles. The Labute approximate surface area is 102 Å². The lowest BCUT2D eigenvalue weighted by Gasteiger charge is -2.36. The number of nitrogens with one attached hydrogen (secondary N) is 2. The van der Waals surface area contributed by atoms with Crippen molar-refractivity contribution in [2.75, 3.05) is 26.2 Å². The van der Waals surface area contributed by atoms with Crippen molar-refractivity contribution in [3.05, 3.63) is 0 Å². The van der Waals surface area contributed by atoms with Crippen molar-refractivity contribution in [1.29, 1.82) is 0 Å². The summed E-state index contributed by atoms with van der Waals surface area (Å²) in [5.74, 6) is 0.240. The van der Waals surface area contributed by atoms with Crippen LogP contribution in [0.15, 0.2) is 0 Å². The van der Waals surface area contributed by atoms with Crippen molar-refractivity contribution in [2.24, 2.45) is 0 Å². The molecule has 5 nitrogen and oxygen atoms in total. The average Bonchev–Trinajstić information content (AvgIpc) is 2.68. The molecule has 0 saturated carbocycles. The van der Waals surface area contributed by atoms with Crippen LogP contribution in [0.4, 0.5) is 0 Å². The van der Waals surface area contributed by atoms with Crippen LogP contribution in [0.1, 0.15) is 19.8 Å². The van der Waals surface area contributed by atoms with Gasteiger partial charge in [-0.15, -0.1) is 0 Å². The van der Waals surface area contributed by atoms with Gasteiger partial charge in [0.2, 0.25) is 5.91 Å². The summed E-state index contributed by atoms with van der Waals surface area (Å²) in [5, 5.41) is 6.67. The SMILES string of the molecule is CC1CNC(C(=O)N2CC3CCC(C2)O3)CN1. The summed E-state index contributed by atoms with van der Waals surface area (Å²) in [6.07, 6.45) is 2.80. The Morgan fingerprint density at radius 2 is 1.88 bits per heavy atom. The van der Waals surface area contributed by atoms with Crippen LogP contribution >= 0.6 is 0 Å². The number of piperazine rings is 1. The van der Waals surface area contributed by atoms with Gasteiger partial charge in [-0.1, -0.05) is 0 Å². The highest BCUT2D eigenvalue weighted by Gasteiger charge is 2.38. The smallest absolute Gasteiger partial charge is 0.241 e. The normalized spacial score (nSPS) is 41.6. The Bertz CT molecular complexity index is 290. The third-order valence-electron chi connectivity index (χ3n) is 3.99. The third-order valence-corrected chi connectivity index (χ3v) is 3.99. The number of amides is 1. The second-order valence-corrected chi connectivity index (χ2v) is 5.47. The Morgan fingerprint density at radius 1 is 1.18 bits per heavy atom. The number of ether oxygens (including phenoxy) is 1. The van der Waals surface area contributed by atoms with E-state index in [1.165, 1.54) is 0 Å². The number of fused-ring (bicyclic) bond motifs is 2. The molecule has 96 valence electrons. The highest BCUT2D eigenvalue weighted by atomic mass is 16.5. The fourth-order valence-corrected chi connectivity index (χ4v) is 2.97. The van der Waals surface area contributed by atoms with Crippen molar-refractivity contribution in [1.82, 2.24) is 15.5 Å². The summed E-state index contributed by atoms with van der Waals surface area (Å²) in [6, 6.07) is 0.406. The number of carbonyl (C=O) groups excluding carboxylic acids is 1. The van der Waals surface area contributed by atoms with Crippen LogP contribution in [0.5, 0.6) is 0 Å². The number of hydrogen-bond donors (Lipinski definition) is 2. The highest BCUT2D eigenvalue weighted by molar-refractivity contribution is 5.82. The molecule has 0 aromatic rings. The van der Waals surface area contributed by atoms with Crippen molar-refractivity contribution in [2.45, 2.75) is 44.1 Å². The predicted octanol–water partition coefficient (Wildman–Crippen LogP) is -0.674. The quantitative estimate of drug-likeness (QED) is 0.637. The van der Waals surface area contributed by atoms with E-state index >= 15 is 0 Å². The largest absolute Gasteiger partial charge is 0.371 e. The van der Waals surface area contributed by atoms with E-state index in [9.17, 15) is 4.79 Å². The average molecular weight is 239 g/mol. The molecule has 3 aliphatic heterocycles. The maximum Gasteiger partial charge on any atom is 0.241 e. The zero-order valence-corrected chi connectivity index (χ0v) is 10.3. The molecule has 4 unspecified atom stereocenters. The summed E-state index contributed by atoms with van der Waals surface area (Å²) >= 11 is 0. The predicted molar refractivity (Wildman–Crippen MR) is 63.7 cm³/mol. The lowest BCUT2D eigenvalue weighted by atomic mass is 10.1. The first kappa shape index (κ1) is 11.4. The fourth-order valence-electron chi connectivity index (χ4n) is 2.97. The van der Waals surface area contributed by atoms with E-state index in [4.69, 9.17) is 4.74 Å². The molecule has 4 atom stereocenters. The molecule has 3 saturated heterocycles. The van der Waals surface area contributed by atoms with Gasteiger partial charge in [-0.2, -0.15) is 0 Å². The zero-order chi connectivity index (χ0) is 11.8. The van der Waals surface area contributed by atoms with Crippen molar-refractivity contribution < 1.29 is 9.53 Å². The van der Waals surface area contributed by atoms with Gasteiger partial charge in [0, 0.05) is 32.2 Å². The van der Waals surface area contributed by atoms with Crippen molar-refractivity contribution >= 4 is 5.91 Å². The van der Waals surface area contributed by atoms with E-state index in [-0.39, 0.29) is 24.2 Å². The lowest BCUT2D eigenvalue weighted by Crippen LogP contribution is -2.61. The van der Waals surface area contributed by atoms with Gasteiger partial charge in [0.25, 0.3) is 0 Å². The Kier molecular flexibility index (Phi) is 3.06. The Morgan fingerprint density at radius 3 is 2.47 bits per heavy atom. The van der Waals surface area contributed by atoms with Gasteiger partial charge in [-0.3, -0.25) is 4.79 Å². The van der Waals surface area contributed by atoms with Crippen LogP contribution in [0.25, 0.3) is 0 Å². The second kappa shape index (κ2) is 4.55. The van der Waals surface area contributed by atoms with E-state index < -0.39 is 0 Å². The minimum absolute atomic E-state index is 0.0521. The van der Waals surface area contributed by atoms with Crippen LogP contribution in [-0.4, -0.2) is 61.3 Å². The standard InChI is InChI=1S/C12H21N3O2/c1-8-4-14-11(5-13-8)12(16)15-6-9-2-3-10(7-15)17-9/h8-11,13-14H,2-7H2,1H3. The second-order valence-electron chi connectivity index (χ2n) is 5.47. The van der Waals surface area contributed by atoms with E-state index in [1.54, 1.807) is 0 Å². The molecule has 3 fully saturated rings. The van der Waals surface area contributed by atoms with Gasteiger partial charge in [0.05, 0.1) is 18.2 Å². The molecule has 5 heteroatoms. The Hall–Kier alpha value is -0.650. The molecular weight excluding hydrogens is 218 g/mol. The summed E-state index contributed by atoms with van der Waals surface area (Å²) in [4.78, 5) is 14.3. The molecule has 2 N–H and O–H groups in total. The van der Waals surface area contributed by atoms with Crippen LogP contribution in [-0.2, 0) is 9.53 Å².